The third-order valence-corrected chi connectivity index (χ3v) is 3.02. The second-order valence-electron chi connectivity index (χ2n) is 3.32. The van der Waals surface area contributed by atoms with Crippen LogP contribution in [-0.2, 0) is 0 Å². The highest BCUT2D eigenvalue weighted by Gasteiger charge is 2.12. The monoisotopic (exact) mass is 235 g/mol. The summed E-state index contributed by atoms with van der Waals surface area (Å²) < 4.78 is 0. The molecule has 0 bridgehead atoms. The average Bonchev–Trinajstić information content (AvgIpc) is 2.82. The Labute approximate surface area is 97.8 Å². The van der Waals surface area contributed by atoms with Gasteiger partial charge in [-0.1, -0.05) is 6.92 Å². The molecule has 0 fully saturated rings. The molecule has 1 unspecified atom stereocenters. The number of thiazole rings is 1. The van der Waals surface area contributed by atoms with Crippen LogP contribution in [0.1, 0.15) is 24.4 Å². The lowest BCUT2D eigenvalue weighted by atomic mass is 10.2. The molecule has 2 aromatic heterocycles. The molecule has 2 rings (SSSR count). The SMILES string of the molecule is CCC(Nc1ncc(N)cn1)c1nccs1. The summed E-state index contributed by atoms with van der Waals surface area (Å²) in [6, 6.07) is 0.156. The summed E-state index contributed by atoms with van der Waals surface area (Å²) in [5.41, 5.74) is 6.08. The van der Waals surface area contributed by atoms with Gasteiger partial charge in [-0.05, 0) is 6.42 Å². The van der Waals surface area contributed by atoms with Crippen LogP contribution in [0.15, 0.2) is 24.0 Å². The molecule has 0 spiro atoms. The van der Waals surface area contributed by atoms with E-state index in [1.807, 2.05) is 5.38 Å². The van der Waals surface area contributed by atoms with Gasteiger partial charge in [-0.25, -0.2) is 15.0 Å². The molecule has 84 valence electrons. The number of nitrogens with zero attached hydrogens (tertiary/aromatic N) is 3. The summed E-state index contributed by atoms with van der Waals surface area (Å²) in [6.45, 7) is 2.09. The molecule has 1 atom stereocenters. The Hall–Kier alpha value is -1.69. The Kier molecular flexibility index (Phi) is 3.31. The van der Waals surface area contributed by atoms with Gasteiger partial charge in [-0.3, -0.25) is 0 Å². The Balaban J connectivity index is 2.10. The van der Waals surface area contributed by atoms with Gasteiger partial charge in [0.05, 0.1) is 24.1 Å². The largest absolute Gasteiger partial charge is 0.396 e. The van der Waals surface area contributed by atoms with E-state index in [-0.39, 0.29) is 6.04 Å². The van der Waals surface area contributed by atoms with Gasteiger partial charge in [-0.2, -0.15) is 0 Å². The van der Waals surface area contributed by atoms with Crippen molar-refractivity contribution < 1.29 is 0 Å². The summed E-state index contributed by atoms with van der Waals surface area (Å²) in [7, 11) is 0. The van der Waals surface area contributed by atoms with Crippen molar-refractivity contribution >= 4 is 23.0 Å². The minimum absolute atomic E-state index is 0.156. The van der Waals surface area contributed by atoms with Crippen LogP contribution in [0.3, 0.4) is 0 Å². The predicted molar refractivity (Wildman–Crippen MR) is 65.2 cm³/mol. The number of anilines is 2. The lowest BCUT2D eigenvalue weighted by molar-refractivity contribution is 0.731. The Bertz CT molecular complexity index is 425. The van der Waals surface area contributed by atoms with E-state index in [9.17, 15) is 0 Å². The molecule has 0 aliphatic heterocycles. The van der Waals surface area contributed by atoms with E-state index in [0.29, 0.717) is 11.6 Å². The lowest BCUT2D eigenvalue weighted by Crippen LogP contribution is -2.11. The summed E-state index contributed by atoms with van der Waals surface area (Å²) in [6.07, 6.45) is 5.91. The van der Waals surface area contributed by atoms with Crippen LogP contribution in [0.5, 0.6) is 0 Å². The summed E-state index contributed by atoms with van der Waals surface area (Å²) in [4.78, 5) is 12.5. The third-order valence-electron chi connectivity index (χ3n) is 2.13. The van der Waals surface area contributed by atoms with Crippen molar-refractivity contribution in [1.82, 2.24) is 15.0 Å². The van der Waals surface area contributed by atoms with Crippen molar-refractivity contribution in [3.63, 3.8) is 0 Å². The van der Waals surface area contributed by atoms with Crippen molar-refractivity contribution in [3.05, 3.63) is 29.0 Å². The number of nitrogens with one attached hydrogen (secondary N) is 1. The Morgan fingerprint density at radius 1 is 1.38 bits per heavy atom. The molecule has 3 N–H and O–H groups in total. The van der Waals surface area contributed by atoms with Crippen LogP contribution in [0, 0.1) is 0 Å². The van der Waals surface area contributed by atoms with Crippen molar-refractivity contribution in [2.45, 2.75) is 19.4 Å². The summed E-state index contributed by atoms with van der Waals surface area (Å²) >= 11 is 1.62. The summed E-state index contributed by atoms with van der Waals surface area (Å²) in [5, 5.41) is 6.23. The summed E-state index contributed by atoms with van der Waals surface area (Å²) in [5.74, 6) is 0.580. The van der Waals surface area contributed by atoms with E-state index in [0.717, 1.165) is 11.4 Å². The first-order valence-electron chi connectivity index (χ1n) is 5.03. The molecule has 0 radical (unpaired) electrons. The standard InChI is InChI=1S/C10H13N5S/c1-2-8(9-12-3-4-16-9)15-10-13-5-7(11)6-14-10/h3-6,8H,2,11H2,1H3,(H,13,14,15). The van der Waals surface area contributed by atoms with Crippen LogP contribution in [-0.4, -0.2) is 15.0 Å². The highest BCUT2D eigenvalue weighted by atomic mass is 32.1. The zero-order valence-corrected chi connectivity index (χ0v) is 9.74. The molecule has 0 aromatic carbocycles. The molecule has 2 heterocycles. The van der Waals surface area contributed by atoms with Crippen LogP contribution >= 0.6 is 11.3 Å². The molecule has 0 aliphatic rings. The quantitative estimate of drug-likeness (QED) is 0.848. The number of hydrogen-bond donors (Lipinski definition) is 2. The minimum atomic E-state index is 0.156. The van der Waals surface area contributed by atoms with Crippen molar-refractivity contribution in [2.24, 2.45) is 0 Å². The van der Waals surface area contributed by atoms with E-state index in [2.05, 4.69) is 27.2 Å². The molecule has 16 heavy (non-hydrogen) atoms. The van der Waals surface area contributed by atoms with E-state index in [1.165, 1.54) is 0 Å². The van der Waals surface area contributed by atoms with Crippen LogP contribution < -0.4 is 11.1 Å². The molecule has 0 saturated heterocycles. The van der Waals surface area contributed by atoms with Gasteiger partial charge in [0.1, 0.15) is 5.01 Å². The van der Waals surface area contributed by atoms with E-state index in [1.54, 1.807) is 29.9 Å². The second-order valence-corrected chi connectivity index (χ2v) is 4.24. The molecule has 6 heteroatoms. The molecule has 0 amide bonds. The smallest absolute Gasteiger partial charge is 0.223 e. The first-order valence-corrected chi connectivity index (χ1v) is 5.91. The first kappa shape index (κ1) is 10.8. The highest BCUT2D eigenvalue weighted by molar-refractivity contribution is 7.09. The van der Waals surface area contributed by atoms with Gasteiger partial charge in [0.25, 0.3) is 0 Å². The zero-order chi connectivity index (χ0) is 11.4. The fourth-order valence-corrected chi connectivity index (χ4v) is 2.09. The molecule has 2 aromatic rings. The maximum atomic E-state index is 5.52. The average molecular weight is 235 g/mol. The van der Waals surface area contributed by atoms with E-state index in [4.69, 9.17) is 5.73 Å². The third kappa shape index (κ3) is 2.46. The Morgan fingerprint density at radius 3 is 2.69 bits per heavy atom. The predicted octanol–water partition coefficient (Wildman–Crippen LogP) is 2.08. The minimum Gasteiger partial charge on any atom is -0.396 e. The fraction of sp³-hybridized carbons (Fsp3) is 0.300. The van der Waals surface area contributed by atoms with Crippen molar-refractivity contribution in [3.8, 4) is 0 Å². The van der Waals surface area contributed by atoms with Gasteiger partial charge in [0, 0.05) is 11.6 Å². The first-order chi connectivity index (χ1) is 7.79. The van der Waals surface area contributed by atoms with Gasteiger partial charge in [0.15, 0.2) is 0 Å². The molecule has 0 saturated carbocycles. The van der Waals surface area contributed by atoms with Crippen LogP contribution in [0.25, 0.3) is 0 Å². The molecule has 0 aliphatic carbocycles. The maximum absolute atomic E-state index is 5.52. The molecule has 5 nitrogen and oxygen atoms in total. The number of hydrogen-bond acceptors (Lipinski definition) is 6. The maximum Gasteiger partial charge on any atom is 0.223 e. The van der Waals surface area contributed by atoms with Crippen LogP contribution in [0.4, 0.5) is 11.6 Å². The lowest BCUT2D eigenvalue weighted by Gasteiger charge is -2.13. The topological polar surface area (TPSA) is 76.7 Å². The van der Waals surface area contributed by atoms with Crippen LogP contribution in [0.2, 0.25) is 0 Å². The zero-order valence-electron chi connectivity index (χ0n) is 8.92. The normalized spacial score (nSPS) is 12.3. The molecular formula is C10H13N5S. The second kappa shape index (κ2) is 4.89. The van der Waals surface area contributed by atoms with Crippen molar-refractivity contribution in [2.75, 3.05) is 11.1 Å². The number of aromatic nitrogens is 3. The van der Waals surface area contributed by atoms with Gasteiger partial charge >= 0.3 is 0 Å². The fourth-order valence-electron chi connectivity index (χ4n) is 1.31. The van der Waals surface area contributed by atoms with Crippen molar-refractivity contribution in [1.29, 1.82) is 0 Å². The highest BCUT2D eigenvalue weighted by Crippen LogP contribution is 2.22. The Morgan fingerprint density at radius 2 is 2.12 bits per heavy atom. The number of nitrogen functional groups attached to an aromatic ring is 1. The van der Waals surface area contributed by atoms with E-state index >= 15 is 0 Å². The van der Waals surface area contributed by atoms with Gasteiger partial charge < -0.3 is 11.1 Å². The number of nitrogens with two attached hydrogens (primary N) is 1. The van der Waals surface area contributed by atoms with Gasteiger partial charge in [-0.15, -0.1) is 11.3 Å². The molecular weight excluding hydrogens is 222 g/mol. The van der Waals surface area contributed by atoms with Gasteiger partial charge in [0.2, 0.25) is 5.95 Å². The number of rotatable bonds is 4. The van der Waals surface area contributed by atoms with E-state index < -0.39 is 0 Å².